The molecule has 0 aromatic carbocycles. The molecule has 0 radical (unpaired) electrons. The SMILES string of the molecule is Cc1cn2cc(NC(=O)c3cnc(N4CCNCC4)cn3)cc(F)c2n1. The molecule has 0 spiro atoms. The maximum absolute atomic E-state index is 14.1. The first-order valence-corrected chi connectivity index (χ1v) is 8.34. The fourth-order valence-electron chi connectivity index (χ4n) is 2.94. The van der Waals surface area contributed by atoms with E-state index in [1.807, 2.05) is 0 Å². The molecule has 1 aliphatic heterocycles. The monoisotopic (exact) mass is 355 g/mol. The van der Waals surface area contributed by atoms with Gasteiger partial charge in [0.15, 0.2) is 11.5 Å². The third kappa shape index (κ3) is 3.21. The lowest BCUT2D eigenvalue weighted by Gasteiger charge is -2.27. The molecule has 26 heavy (non-hydrogen) atoms. The number of nitrogens with one attached hydrogen (secondary N) is 2. The minimum atomic E-state index is -0.504. The number of anilines is 2. The number of carbonyl (C=O) groups is 1. The van der Waals surface area contributed by atoms with E-state index in [1.54, 1.807) is 29.9 Å². The minimum absolute atomic E-state index is 0.172. The highest BCUT2D eigenvalue weighted by atomic mass is 19.1. The van der Waals surface area contributed by atoms with Crippen molar-refractivity contribution in [1.29, 1.82) is 0 Å². The Morgan fingerprint density at radius 3 is 2.77 bits per heavy atom. The maximum atomic E-state index is 14.1. The van der Waals surface area contributed by atoms with Crippen LogP contribution in [0.4, 0.5) is 15.9 Å². The van der Waals surface area contributed by atoms with Gasteiger partial charge in [0.05, 0.1) is 23.8 Å². The molecule has 134 valence electrons. The van der Waals surface area contributed by atoms with Gasteiger partial charge < -0.3 is 19.9 Å². The Balaban J connectivity index is 1.51. The zero-order valence-electron chi connectivity index (χ0n) is 14.2. The summed E-state index contributed by atoms with van der Waals surface area (Å²) in [7, 11) is 0. The third-order valence-corrected chi connectivity index (χ3v) is 4.20. The summed E-state index contributed by atoms with van der Waals surface area (Å²) in [5, 5.41) is 5.91. The van der Waals surface area contributed by atoms with E-state index in [2.05, 4.69) is 30.5 Å². The van der Waals surface area contributed by atoms with Crippen molar-refractivity contribution in [3.8, 4) is 0 Å². The number of imidazole rings is 1. The van der Waals surface area contributed by atoms with E-state index in [4.69, 9.17) is 0 Å². The van der Waals surface area contributed by atoms with Crippen LogP contribution in [0.5, 0.6) is 0 Å². The summed E-state index contributed by atoms with van der Waals surface area (Å²) < 4.78 is 15.6. The number of halogens is 1. The molecule has 0 aliphatic carbocycles. The molecule has 2 N–H and O–H groups in total. The van der Waals surface area contributed by atoms with Crippen molar-refractivity contribution in [3.63, 3.8) is 0 Å². The van der Waals surface area contributed by atoms with Gasteiger partial charge in [-0.1, -0.05) is 0 Å². The molecule has 3 aromatic rings. The number of piperazine rings is 1. The van der Waals surface area contributed by atoms with E-state index in [0.29, 0.717) is 11.4 Å². The summed E-state index contributed by atoms with van der Waals surface area (Å²) in [5.41, 5.74) is 1.42. The quantitative estimate of drug-likeness (QED) is 0.735. The van der Waals surface area contributed by atoms with Crippen LogP contribution in [0.25, 0.3) is 5.65 Å². The van der Waals surface area contributed by atoms with Gasteiger partial charge in [-0.3, -0.25) is 4.79 Å². The van der Waals surface area contributed by atoms with E-state index in [-0.39, 0.29) is 11.3 Å². The van der Waals surface area contributed by atoms with Gasteiger partial charge in [0, 0.05) is 44.6 Å². The first-order chi connectivity index (χ1) is 12.6. The summed E-state index contributed by atoms with van der Waals surface area (Å²) in [6.07, 6.45) is 6.32. The Labute approximate surface area is 149 Å². The average molecular weight is 355 g/mol. The first-order valence-electron chi connectivity index (χ1n) is 8.34. The van der Waals surface area contributed by atoms with Crippen molar-refractivity contribution >= 4 is 23.1 Å². The van der Waals surface area contributed by atoms with Crippen molar-refractivity contribution < 1.29 is 9.18 Å². The topological polar surface area (TPSA) is 87.5 Å². The fraction of sp³-hybridized carbons (Fsp3) is 0.294. The van der Waals surface area contributed by atoms with E-state index in [1.165, 1.54) is 12.3 Å². The molecule has 1 aliphatic rings. The van der Waals surface area contributed by atoms with Crippen LogP contribution in [0.2, 0.25) is 0 Å². The Kier molecular flexibility index (Phi) is 4.21. The summed E-state index contributed by atoms with van der Waals surface area (Å²) in [6.45, 7) is 5.27. The third-order valence-electron chi connectivity index (χ3n) is 4.20. The van der Waals surface area contributed by atoms with E-state index >= 15 is 0 Å². The molecule has 3 aromatic heterocycles. The van der Waals surface area contributed by atoms with Gasteiger partial charge in [-0.15, -0.1) is 0 Å². The Morgan fingerprint density at radius 2 is 2.04 bits per heavy atom. The van der Waals surface area contributed by atoms with Gasteiger partial charge in [0.25, 0.3) is 5.91 Å². The highest BCUT2D eigenvalue weighted by Crippen LogP contribution is 2.17. The molecule has 0 bridgehead atoms. The number of hydrogen-bond donors (Lipinski definition) is 2. The Morgan fingerprint density at radius 1 is 1.23 bits per heavy atom. The minimum Gasteiger partial charge on any atom is -0.353 e. The van der Waals surface area contributed by atoms with Crippen molar-refractivity contribution in [3.05, 3.63) is 48.1 Å². The van der Waals surface area contributed by atoms with Crippen LogP contribution in [0.3, 0.4) is 0 Å². The largest absolute Gasteiger partial charge is 0.353 e. The summed E-state index contributed by atoms with van der Waals surface area (Å²) in [5.74, 6) is -0.208. The molecule has 0 atom stereocenters. The maximum Gasteiger partial charge on any atom is 0.275 e. The molecule has 1 saturated heterocycles. The molecule has 0 saturated carbocycles. The van der Waals surface area contributed by atoms with Crippen LogP contribution >= 0.6 is 0 Å². The number of aryl methyl sites for hydroxylation is 1. The zero-order chi connectivity index (χ0) is 18.1. The highest BCUT2D eigenvalue weighted by molar-refractivity contribution is 6.02. The molecule has 1 fully saturated rings. The summed E-state index contributed by atoms with van der Waals surface area (Å²) in [6, 6.07) is 1.24. The standard InChI is InChI=1S/C17H18FN7O/c1-11-9-25-10-12(6-13(18)16(25)22-11)23-17(26)14-7-21-15(8-20-14)24-4-2-19-3-5-24/h6-10,19H,2-5H2,1H3,(H,23,26). The van der Waals surface area contributed by atoms with E-state index in [9.17, 15) is 9.18 Å². The second kappa shape index (κ2) is 6.68. The molecule has 4 heterocycles. The lowest BCUT2D eigenvalue weighted by Crippen LogP contribution is -2.44. The molecule has 1 amide bonds. The number of rotatable bonds is 3. The van der Waals surface area contributed by atoms with Gasteiger partial charge in [0.1, 0.15) is 11.5 Å². The number of carbonyl (C=O) groups excluding carboxylic acids is 1. The van der Waals surface area contributed by atoms with Gasteiger partial charge in [-0.2, -0.15) is 0 Å². The highest BCUT2D eigenvalue weighted by Gasteiger charge is 2.15. The van der Waals surface area contributed by atoms with Crippen LogP contribution in [-0.2, 0) is 0 Å². The number of pyridine rings is 1. The molecule has 9 heteroatoms. The van der Waals surface area contributed by atoms with Gasteiger partial charge in [-0.25, -0.2) is 19.3 Å². The number of amides is 1. The van der Waals surface area contributed by atoms with Crippen LogP contribution in [0, 0.1) is 12.7 Å². The summed E-state index contributed by atoms with van der Waals surface area (Å²) >= 11 is 0. The van der Waals surface area contributed by atoms with Crippen LogP contribution in [-0.4, -0.2) is 51.4 Å². The molecular weight excluding hydrogens is 337 g/mol. The Bertz CT molecular complexity index is 948. The first kappa shape index (κ1) is 16.4. The van der Waals surface area contributed by atoms with Crippen molar-refractivity contribution in [1.82, 2.24) is 24.7 Å². The smallest absolute Gasteiger partial charge is 0.275 e. The zero-order valence-corrected chi connectivity index (χ0v) is 14.2. The number of aromatic nitrogens is 4. The van der Waals surface area contributed by atoms with Crippen LogP contribution in [0.1, 0.15) is 16.2 Å². The lowest BCUT2D eigenvalue weighted by molar-refractivity contribution is 0.102. The average Bonchev–Trinajstić information content (AvgIpc) is 3.03. The van der Waals surface area contributed by atoms with Crippen LogP contribution < -0.4 is 15.5 Å². The van der Waals surface area contributed by atoms with Crippen molar-refractivity contribution in [2.75, 3.05) is 36.4 Å². The van der Waals surface area contributed by atoms with Gasteiger partial charge in [-0.05, 0) is 6.92 Å². The molecular formula is C17H18FN7O. The molecule has 0 unspecified atom stereocenters. The van der Waals surface area contributed by atoms with Crippen molar-refractivity contribution in [2.45, 2.75) is 6.92 Å². The number of fused-ring (bicyclic) bond motifs is 1. The number of hydrogen-bond acceptors (Lipinski definition) is 6. The lowest BCUT2D eigenvalue weighted by atomic mass is 10.3. The predicted octanol–water partition coefficient (Wildman–Crippen LogP) is 1.23. The number of nitrogens with zero attached hydrogens (tertiary/aromatic N) is 5. The second-order valence-corrected chi connectivity index (χ2v) is 6.14. The van der Waals surface area contributed by atoms with Gasteiger partial charge >= 0.3 is 0 Å². The molecule has 4 rings (SSSR count). The van der Waals surface area contributed by atoms with E-state index < -0.39 is 11.7 Å². The van der Waals surface area contributed by atoms with E-state index in [0.717, 1.165) is 32.0 Å². The molecule has 8 nitrogen and oxygen atoms in total. The van der Waals surface area contributed by atoms with Gasteiger partial charge in [0.2, 0.25) is 0 Å². The van der Waals surface area contributed by atoms with Crippen LogP contribution in [0.15, 0.2) is 30.9 Å². The second-order valence-electron chi connectivity index (χ2n) is 6.14. The Hall–Kier alpha value is -3.07. The normalized spacial score (nSPS) is 14.6. The predicted molar refractivity (Wildman–Crippen MR) is 95.0 cm³/mol. The summed E-state index contributed by atoms with van der Waals surface area (Å²) in [4.78, 5) is 27.1. The van der Waals surface area contributed by atoms with Crippen molar-refractivity contribution in [2.24, 2.45) is 0 Å². The fourth-order valence-corrected chi connectivity index (χ4v) is 2.94.